The fourth-order valence-electron chi connectivity index (χ4n) is 3.63. The van der Waals surface area contributed by atoms with Crippen LogP contribution in [0.3, 0.4) is 0 Å². The van der Waals surface area contributed by atoms with Crippen LogP contribution in [0.1, 0.15) is 29.8 Å². The summed E-state index contributed by atoms with van der Waals surface area (Å²) in [5.74, 6) is -0.224. The van der Waals surface area contributed by atoms with Crippen LogP contribution >= 0.6 is 0 Å². The van der Waals surface area contributed by atoms with Crippen LogP contribution in [0.25, 0.3) is 5.65 Å². The lowest BCUT2D eigenvalue weighted by molar-refractivity contribution is 0.102. The van der Waals surface area contributed by atoms with Crippen LogP contribution in [0.4, 0.5) is 17.2 Å². The zero-order chi connectivity index (χ0) is 22.2. The molecule has 1 amide bonds. The number of rotatable bonds is 5. The number of carbonyl (C=O) groups excluding carboxylic acids is 1. The third-order valence-electron chi connectivity index (χ3n) is 5.96. The van der Waals surface area contributed by atoms with Gasteiger partial charge in [0, 0.05) is 55.9 Å². The maximum Gasteiger partial charge on any atom is 0.263 e. The SMILES string of the molecule is CNC(C)(C)c1cnc2c(C(=O)Nc3cnccc3N3CCN(C)CC3)c(N)nn2c1. The summed E-state index contributed by atoms with van der Waals surface area (Å²) in [5.41, 5.74) is 9.00. The first-order chi connectivity index (χ1) is 14.8. The zero-order valence-corrected chi connectivity index (χ0v) is 18.4. The molecular weight excluding hydrogens is 394 g/mol. The standard InChI is InChI=1S/C21H29N9O/c1-21(2,23-3)14-11-25-19-17(18(22)27-30(19)13-14)20(31)26-15-12-24-6-5-16(15)29-9-7-28(4)8-10-29/h5-6,11-13,23H,7-10H2,1-4H3,(H2,22,27)(H,26,31). The normalized spacial score (nSPS) is 15.4. The molecule has 3 aromatic rings. The van der Waals surface area contributed by atoms with Gasteiger partial charge in [-0.05, 0) is 34.0 Å². The molecule has 0 aliphatic carbocycles. The van der Waals surface area contributed by atoms with E-state index in [4.69, 9.17) is 5.73 Å². The summed E-state index contributed by atoms with van der Waals surface area (Å²) in [6.45, 7) is 7.77. The highest BCUT2D eigenvalue weighted by Crippen LogP contribution is 2.28. The van der Waals surface area contributed by atoms with Crippen LogP contribution < -0.4 is 21.3 Å². The number of nitrogens with two attached hydrogens (primary N) is 1. The van der Waals surface area contributed by atoms with Gasteiger partial charge in [-0.1, -0.05) is 0 Å². The minimum absolute atomic E-state index is 0.134. The zero-order valence-electron chi connectivity index (χ0n) is 18.4. The number of anilines is 3. The Kier molecular flexibility index (Phi) is 5.50. The summed E-state index contributed by atoms with van der Waals surface area (Å²) >= 11 is 0. The maximum absolute atomic E-state index is 13.2. The van der Waals surface area contributed by atoms with E-state index in [1.165, 1.54) is 0 Å². The quantitative estimate of drug-likeness (QED) is 0.560. The van der Waals surface area contributed by atoms with Crippen LogP contribution in [0.2, 0.25) is 0 Å². The molecule has 0 radical (unpaired) electrons. The van der Waals surface area contributed by atoms with Gasteiger partial charge >= 0.3 is 0 Å². The van der Waals surface area contributed by atoms with Gasteiger partial charge in [0.05, 0.1) is 17.6 Å². The van der Waals surface area contributed by atoms with Gasteiger partial charge in [0.2, 0.25) is 0 Å². The topological polar surface area (TPSA) is 117 Å². The highest BCUT2D eigenvalue weighted by Gasteiger charge is 2.25. The summed E-state index contributed by atoms with van der Waals surface area (Å²) in [4.78, 5) is 26.4. The van der Waals surface area contributed by atoms with E-state index in [2.05, 4.69) is 42.5 Å². The summed E-state index contributed by atoms with van der Waals surface area (Å²) in [5, 5.41) is 10.5. The molecular formula is C21H29N9O. The van der Waals surface area contributed by atoms with Crippen molar-refractivity contribution in [3.63, 3.8) is 0 Å². The Balaban J connectivity index is 1.63. The molecule has 1 fully saturated rings. The molecule has 4 rings (SSSR count). The molecule has 10 nitrogen and oxygen atoms in total. The Morgan fingerprint density at radius 3 is 2.65 bits per heavy atom. The Labute approximate surface area is 181 Å². The Bertz CT molecular complexity index is 1100. The number of fused-ring (bicyclic) bond motifs is 1. The molecule has 4 heterocycles. The third kappa shape index (κ3) is 4.04. The molecule has 4 N–H and O–H groups in total. The average Bonchev–Trinajstić information content (AvgIpc) is 3.09. The van der Waals surface area contributed by atoms with Gasteiger partial charge in [0.25, 0.3) is 5.91 Å². The summed E-state index contributed by atoms with van der Waals surface area (Å²) in [6.07, 6.45) is 6.98. The second-order valence-corrected chi connectivity index (χ2v) is 8.38. The van der Waals surface area contributed by atoms with Gasteiger partial charge in [-0.15, -0.1) is 5.10 Å². The monoisotopic (exact) mass is 423 g/mol. The van der Waals surface area contributed by atoms with Crippen molar-refractivity contribution < 1.29 is 4.79 Å². The number of nitrogens with zero attached hydrogens (tertiary/aromatic N) is 6. The minimum atomic E-state index is -0.357. The van der Waals surface area contributed by atoms with Crippen molar-refractivity contribution in [3.05, 3.63) is 42.0 Å². The molecule has 1 aliphatic rings. The third-order valence-corrected chi connectivity index (χ3v) is 5.96. The van der Waals surface area contributed by atoms with Crippen LogP contribution in [-0.4, -0.2) is 70.7 Å². The summed E-state index contributed by atoms with van der Waals surface area (Å²) in [6, 6.07) is 1.92. The van der Waals surface area contributed by atoms with Crippen LogP contribution in [-0.2, 0) is 5.54 Å². The van der Waals surface area contributed by atoms with Gasteiger partial charge in [-0.25, -0.2) is 9.50 Å². The highest BCUT2D eigenvalue weighted by molar-refractivity contribution is 6.12. The van der Waals surface area contributed by atoms with Gasteiger partial charge < -0.3 is 26.2 Å². The van der Waals surface area contributed by atoms with Crippen molar-refractivity contribution in [1.29, 1.82) is 0 Å². The predicted octanol–water partition coefficient (Wildman–Crippen LogP) is 1.17. The number of carbonyl (C=O) groups is 1. The first kappa shape index (κ1) is 21.0. The van der Waals surface area contributed by atoms with Crippen LogP contribution in [0.15, 0.2) is 30.9 Å². The molecule has 164 valence electrons. The molecule has 0 aromatic carbocycles. The first-order valence-corrected chi connectivity index (χ1v) is 10.3. The van der Waals surface area contributed by atoms with Crippen molar-refractivity contribution in [3.8, 4) is 0 Å². The first-order valence-electron chi connectivity index (χ1n) is 10.3. The average molecular weight is 424 g/mol. The largest absolute Gasteiger partial charge is 0.381 e. The molecule has 0 bridgehead atoms. The van der Waals surface area contributed by atoms with Crippen molar-refractivity contribution in [1.82, 2.24) is 29.8 Å². The number of nitrogen functional groups attached to an aromatic ring is 1. The number of pyridine rings is 1. The lowest BCUT2D eigenvalue weighted by Gasteiger charge is -2.34. The van der Waals surface area contributed by atoms with Crippen LogP contribution in [0, 0.1) is 0 Å². The number of hydrogen-bond acceptors (Lipinski definition) is 8. The maximum atomic E-state index is 13.2. The second-order valence-electron chi connectivity index (χ2n) is 8.38. The molecule has 1 saturated heterocycles. The molecule has 1 aliphatic heterocycles. The Morgan fingerprint density at radius 2 is 1.94 bits per heavy atom. The number of nitrogens with one attached hydrogen (secondary N) is 2. The molecule has 10 heteroatoms. The van der Waals surface area contributed by atoms with E-state index in [1.807, 2.05) is 33.2 Å². The molecule has 0 saturated carbocycles. The van der Waals surface area contributed by atoms with Gasteiger partial charge in [-0.3, -0.25) is 9.78 Å². The molecule has 0 unspecified atom stereocenters. The van der Waals surface area contributed by atoms with E-state index in [0.717, 1.165) is 37.4 Å². The van der Waals surface area contributed by atoms with Gasteiger partial charge in [0.1, 0.15) is 5.56 Å². The molecule has 3 aromatic heterocycles. The fraction of sp³-hybridized carbons (Fsp3) is 0.429. The number of amides is 1. The minimum Gasteiger partial charge on any atom is -0.381 e. The van der Waals surface area contributed by atoms with Gasteiger partial charge in [-0.2, -0.15) is 0 Å². The lowest BCUT2D eigenvalue weighted by atomic mass is 9.98. The van der Waals surface area contributed by atoms with E-state index in [-0.39, 0.29) is 22.8 Å². The molecule has 0 atom stereocenters. The number of piperazine rings is 1. The fourth-order valence-corrected chi connectivity index (χ4v) is 3.63. The summed E-state index contributed by atoms with van der Waals surface area (Å²) in [7, 11) is 3.99. The van der Waals surface area contributed by atoms with Crippen molar-refractivity contribution in [2.45, 2.75) is 19.4 Å². The van der Waals surface area contributed by atoms with Crippen molar-refractivity contribution in [2.24, 2.45) is 0 Å². The van der Waals surface area contributed by atoms with E-state index in [9.17, 15) is 4.79 Å². The summed E-state index contributed by atoms with van der Waals surface area (Å²) < 4.78 is 1.56. The van der Waals surface area contributed by atoms with E-state index in [1.54, 1.807) is 23.1 Å². The highest BCUT2D eigenvalue weighted by atomic mass is 16.1. The van der Waals surface area contributed by atoms with Crippen LogP contribution in [0.5, 0.6) is 0 Å². The molecule has 0 spiro atoms. The van der Waals surface area contributed by atoms with E-state index in [0.29, 0.717) is 11.3 Å². The Hall–Kier alpha value is -3.24. The number of aromatic nitrogens is 4. The number of hydrogen-bond donors (Lipinski definition) is 3. The van der Waals surface area contributed by atoms with Crippen molar-refractivity contribution in [2.75, 3.05) is 56.2 Å². The van der Waals surface area contributed by atoms with Crippen molar-refractivity contribution >= 4 is 28.7 Å². The second kappa shape index (κ2) is 8.12. The van der Waals surface area contributed by atoms with E-state index < -0.39 is 0 Å². The Morgan fingerprint density at radius 1 is 1.19 bits per heavy atom. The van der Waals surface area contributed by atoms with E-state index >= 15 is 0 Å². The molecule has 31 heavy (non-hydrogen) atoms. The van der Waals surface area contributed by atoms with Gasteiger partial charge in [0.15, 0.2) is 11.5 Å². The predicted molar refractivity (Wildman–Crippen MR) is 121 cm³/mol. The number of likely N-dealkylation sites (N-methyl/N-ethyl adjacent to an activating group) is 1. The smallest absolute Gasteiger partial charge is 0.263 e. The lowest BCUT2D eigenvalue weighted by Crippen LogP contribution is -2.44.